The van der Waals surface area contributed by atoms with Crippen molar-refractivity contribution in [2.75, 3.05) is 0 Å². The van der Waals surface area contributed by atoms with Gasteiger partial charge in [-0.1, -0.05) is 17.7 Å². The Morgan fingerprint density at radius 3 is 2.64 bits per heavy atom. The Hall–Kier alpha value is -0.510. The lowest BCUT2D eigenvalue weighted by Crippen LogP contribution is -1.96. The van der Waals surface area contributed by atoms with Crippen molar-refractivity contribution in [3.8, 4) is 0 Å². The Balaban J connectivity index is 2.90. The monoisotopic (exact) mass is 169 g/mol. The molecule has 0 atom stereocenters. The summed E-state index contributed by atoms with van der Waals surface area (Å²) in [5.74, 6) is 0. The summed E-state index contributed by atoms with van der Waals surface area (Å²) in [5, 5.41) is 9.80. The maximum absolute atomic E-state index is 9.80. The predicted molar refractivity (Wildman–Crippen MR) is 42.9 cm³/mol. The number of hydrogen-bond donors (Lipinski definition) is 0. The van der Waals surface area contributed by atoms with Gasteiger partial charge >= 0.3 is 0 Å². The first-order chi connectivity index (χ1) is 5.24. The summed E-state index contributed by atoms with van der Waals surface area (Å²) >= 11 is 0.855. The zero-order valence-corrected chi connectivity index (χ0v) is 7.27. The second kappa shape index (κ2) is 3.76. The molecule has 60 valence electrons. The largest absolute Gasteiger partial charge is 0.710 e. The number of rotatable bonds is 2. The van der Waals surface area contributed by atoms with Crippen LogP contribution in [0.3, 0.4) is 0 Å². The third kappa shape index (κ3) is 2.22. The Morgan fingerprint density at radius 1 is 1.36 bits per heavy atom. The molecule has 2 nitrogen and oxygen atoms in total. The van der Waals surface area contributed by atoms with Crippen molar-refractivity contribution in [1.29, 1.82) is 0 Å². The Kier molecular flexibility index (Phi) is 2.93. The molecule has 0 N–H and O–H groups in total. The van der Waals surface area contributed by atoms with E-state index >= 15 is 0 Å². The minimum absolute atomic E-state index is 0.855. The molecular weight excluding hydrogens is 160 g/mol. The molecule has 0 aliphatic heterocycles. The van der Waals surface area contributed by atoms with E-state index in [4.69, 9.17) is 0 Å². The van der Waals surface area contributed by atoms with Crippen LogP contribution < -0.4 is 5.26 Å². The van der Waals surface area contributed by atoms with E-state index in [1.807, 2.05) is 32.0 Å². The average Bonchev–Trinajstić information content (AvgIpc) is 1.95. The lowest BCUT2D eigenvalue weighted by molar-refractivity contribution is -0.630. The highest BCUT2D eigenvalue weighted by molar-refractivity contribution is 7.94. The molecule has 1 aromatic carbocycles. The molecular formula is C8H9O2S-. The molecule has 1 rings (SSSR count). The highest BCUT2D eigenvalue weighted by Crippen LogP contribution is 2.21. The standard InChI is InChI=1S/C8H10O2S/c1-6-3-4-8(11-10-9)7(2)5-6/h3-5,9H,1-2H3/p-1. The molecule has 0 saturated carbocycles. The summed E-state index contributed by atoms with van der Waals surface area (Å²) in [7, 11) is 0. The number of aryl methyl sites for hydroxylation is 2. The molecule has 0 aliphatic rings. The molecule has 1 aromatic rings. The van der Waals surface area contributed by atoms with Gasteiger partial charge in [-0.25, -0.2) is 0 Å². The van der Waals surface area contributed by atoms with Crippen LogP contribution in [0.2, 0.25) is 0 Å². The van der Waals surface area contributed by atoms with E-state index in [0.29, 0.717) is 0 Å². The third-order valence-corrected chi connectivity index (χ3v) is 2.16. The lowest BCUT2D eigenvalue weighted by Gasteiger charge is -2.07. The fourth-order valence-electron chi connectivity index (χ4n) is 0.929. The Morgan fingerprint density at radius 2 is 2.09 bits per heavy atom. The molecule has 0 bridgehead atoms. The highest BCUT2D eigenvalue weighted by atomic mass is 32.2. The van der Waals surface area contributed by atoms with Crippen LogP contribution >= 0.6 is 12.0 Å². The summed E-state index contributed by atoms with van der Waals surface area (Å²) < 4.78 is 3.72. The molecule has 3 heteroatoms. The van der Waals surface area contributed by atoms with Crippen molar-refractivity contribution >= 4 is 12.0 Å². The lowest BCUT2D eigenvalue weighted by atomic mass is 10.2. The summed E-state index contributed by atoms with van der Waals surface area (Å²) in [6.07, 6.45) is 0. The van der Waals surface area contributed by atoms with Gasteiger partial charge in [0, 0.05) is 16.9 Å². The van der Waals surface area contributed by atoms with Crippen LogP contribution in [-0.2, 0) is 4.33 Å². The van der Waals surface area contributed by atoms with Gasteiger partial charge in [-0.3, -0.25) is 0 Å². The number of hydrogen-bond acceptors (Lipinski definition) is 3. The van der Waals surface area contributed by atoms with Crippen LogP contribution in [0.4, 0.5) is 0 Å². The normalized spacial score (nSPS) is 10.1. The van der Waals surface area contributed by atoms with E-state index < -0.39 is 0 Å². The minimum Gasteiger partial charge on any atom is -0.710 e. The number of benzene rings is 1. The van der Waals surface area contributed by atoms with E-state index in [1.165, 1.54) is 5.56 Å². The van der Waals surface area contributed by atoms with Crippen LogP contribution in [0.5, 0.6) is 0 Å². The quantitative estimate of drug-likeness (QED) is 0.383. The maximum Gasteiger partial charge on any atom is 0.0375 e. The summed E-state index contributed by atoms with van der Waals surface area (Å²) in [6.45, 7) is 3.97. The first-order valence-corrected chi connectivity index (χ1v) is 4.02. The fourth-order valence-corrected chi connectivity index (χ4v) is 1.32. The fraction of sp³-hybridized carbons (Fsp3) is 0.250. The topological polar surface area (TPSA) is 32.3 Å². The molecule has 0 aromatic heterocycles. The maximum atomic E-state index is 9.80. The molecule has 11 heavy (non-hydrogen) atoms. The highest BCUT2D eigenvalue weighted by Gasteiger charge is 1.96. The molecule has 0 radical (unpaired) electrons. The van der Waals surface area contributed by atoms with E-state index in [2.05, 4.69) is 4.33 Å². The van der Waals surface area contributed by atoms with Gasteiger partial charge in [0.1, 0.15) is 0 Å². The second-order valence-corrected chi connectivity index (χ2v) is 3.16. The zero-order chi connectivity index (χ0) is 8.27. The Bertz CT molecular complexity index is 248. The summed E-state index contributed by atoms with van der Waals surface area (Å²) in [6, 6.07) is 5.85. The van der Waals surface area contributed by atoms with Gasteiger partial charge in [-0.15, -0.1) is 0 Å². The summed E-state index contributed by atoms with van der Waals surface area (Å²) in [5.41, 5.74) is 2.27. The molecule has 0 aliphatic carbocycles. The first-order valence-electron chi connectivity index (χ1n) is 3.28. The molecule has 0 amide bonds. The van der Waals surface area contributed by atoms with Crippen LogP contribution in [0.15, 0.2) is 23.1 Å². The van der Waals surface area contributed by atoms with Gasteiger partial charge in [-0.05, 0) is 25.5 Å². The predicted octanol–water partition coefficient (Wildman–Crippen LogP) is 1.60. The molecule has 0 saturated heterocycles. The van der Waals surface area contributed by atoms with E-state index in [9.17, 15) is 5.26 Å². The first kappa shape index (κ1) is 8.59. The van der Waals surface area contributed by atoms with E-state index in [-0.39, 0.29) is 0 Å². The van der Waals surface area contributed by atoms with Gasteiger partial charge in [0.2, 0.25) is 0 Å². The minimum atomic E-state index is 0.855. The van der Waals surface area contributed by atoms with Crippen LogP contribution in [0.25, 0.3) is 0 Å². The zero-order valence-electron chi connectivity index (χ0n) is 6.46. The average molecular weight is 169 g/mol. The van der Waals surface area contributed by atoms with Crippen LogP contribution in [0.1, 0.15) is 11.1 Å². The Labute approximate surface area is 70.3 Å². The van der Waals surface area contributed by atoms with Gasteiger partial charge in [0.05, 0.1) is 0 Å². The molecule has 0 spiro atoms. The van der Waals surface area contributed by atoms with E-state index in [1.54, 1.807) is 0 Å². The van der Waals surface area contributed by atoms with E-state index in [0.717, 1.165) is 22.5 Å². The SMILES string of the molecule is Cc1ccc(SO[O-])c(C)c1. The van der Waals surface area contributed by atoms with Crippen molar-refractivity contribution in [3.05, 3.63) is 29.3 Å². The van der Waals surface area contributed by atoms with Gasteiger partial charge in [0.25, 0.3) is 0 Å². The van der Waals surface area contributed by atoms with Crippen molar-refractivity contribution in [2.24, 2.45) is 0 Å². The van der Waals surface area contributed by atoms with Gasteiger partial charge in [0.15, 0.2) is 0 Å². The second-order valence-electron chi connectivity index (χ2n) is 2.42. The van der Waals surface area contributed by atoms with Crippen molar-refractivity contribution in [2.45, 2.75) is 18.7 Å². The van der Waals surface area contributed by atoms with Crippen LogP contribution in [-0.4, -0.2) is 0 Å². The summed E-state index contributed by atoms with van der Waals surface area (Å²) in [4.78, 5) is 0.880. The van der Waals surface area contributed by atoms with Crippen molar-refractivity contribution in [3.63, 3.8) is 0 Å². The van der Waals surface area contributed by atoms with Gasteiger partial charge in [-0.2, -0.15) is 0 Å². The van der Waals surface area contributed by atoms with Crippen LogP contribution in [0, 0.1) is 13.8 Å². The van der Waals surface area contributed by atoms with Crippen molar-refractivity contribution in [1.82, 2.24) is 0 Å². The molecule has 0 fully saturated rings. The smallest absolute Gasteiger partial charge is 0.0375 e. The third-order valence-electron chi connectivity index (χ3n) is 1.45. The van der Waals surface area contributed by atoms with Crippen molar-refractivity contribution < 1.29 is 9.59 Å². The molecule has 0 heterocycles. The van der Waals surface area contributed by atoms with Gasteiger partial charge < -0.3 is 9.59 Å². The molecule has 0 unspecified atom stereocenters.